The molecule has 4 rings (SSSR count). The van der Waals surface area contributed by atoms with E-state index in [1.54, 1.807) is 11.0 Å². The summed E-state index contributed by atoms with van der Waals surface area (Å²) < 4.78 is 20.3. The number of halogens is 1. The highest BCUT2D eigenvalue weighted by Gasteiger charge is 2.39. The fourth-order valence-corrected chi connectivity index (χ4v) is 3.88. The molecule has 1 saturated carbocycles. The monoisotopic (exact) mass is 372 g/mol. The van der Waals surface area contributed by atoms with Crippen molar-refractivity contribution in [2.45, 2.75) is 51.2 Å². The quantitative estimate of drug-likeness (QED) is 0.874. The average molecular weight is 372 g/mol. The van der Waals surface area contributed by atoms with Gasteiger partial charge in [-0.1, -0.05) is 25.8 Å². The molecular formula is C21H25FN2O3. The fourth-order valence-electron chi connectivity index (χ4n) is 3.88. The van der Waals surface area contributed by atoms with Crippen molar-refractivity contribution in [2.75, 3.05) is 13.1 Å². The highest BCUT2D eigenvalue weighted by molar-refractivity contribution is 5.95. The molecule has 27 heavy (non-hydrogen) atoms. The van der Waals surface area contributed by atoms with Crippen LogP contribution in [-0.4, -0.2) is 41.1 Å². The van der Waals surface area contributed by atoms with Crippen LogP contribution in [0.5, 0.6) is 0 Å². The maximum Gasteiger partial charge on any atom is 0.270 e. The Kier molecular flexibility index (Phi) is 5.00. The number of aromatic nitrogens is 1. The van der Waals surface area contributed by atoms with Crippen molar-refractivity contribution in [2.24, 2.45) is 5.92 Å². The van der Waals surface area contributed by atoms with Crippen LogP contribution in [0, 0.1) is 11.7 Å². The number of hydrogen-bond acceptors (Lipinski definition) is 3. The molecule has 2 atom stereocenters. The van der Waals surface area contributed by atoms with Gasteiger partial charge in [-0.05, 0) is 37.3 Å². The molecule has 1 N–H and O–H groups in total. The minimum atomic E-state index is -0.530. The molecule has 0 radical (unpaired) electrons. The number of morpholine rings is 1. The highest BCUT2D eigenvalue weighted by Crippen LogP contribution is 2.37. The highest BCUT2D eigenvalue weighted by atomic mass is 19.1. The number of benzene rings is 1. The molecule has 144 valence electrons. The smallest absolute Gasteiger partial charge is 0.270 e. The van der Waals surface area contributed by atoms with Crippen LogP contribution in [0.1, 0.15) is 49.5 Å². The Hall–Kier alpha value is -2.21. The summed E-state index contributed by atoms with van der Waals surface area (Å²) in [5.41, 5.74) is -0.118. The predicted molar refractivity (Wildman–Crippen MR) is 101 cm³/mol. The number of unbranched alkanes of at least 4 members (excludes halogenated alkanes) is 1. The van der Waals surface area contributed by atoms with E-state index >= 15 is 0 Å². The van der Waals surface area contributed by atoms with E-state index in [0.29, 0.717) is 19.0 Å². The molecule has 2 aliphatic rings. The molecule has 1 aliphatic heterocycles. The number of nitrogens with one attached hydrogen (secondary N) is 1. The second-order valence-corrected chi connectivity index (χ2v) is 7.70. The van der Waals surface area contributed by atoms with Crippen LogP contribution in [0.3, 0.4) is 0 Å². The van der Waals surface area contributed by atoms with Crippen LogP contribution in [0.15, 0.2) is 29.1 Å². The van der Waals surface area contributed by atoms with Crippen LogP contribution < -0.4 is 5.43 Å². The molecule has 1 aromatic carbocycles. The Labute approximate surface area is 157 Å². The molecule has 5 nitrogen and oxygen atoms in total. The van der Waals surface area contributed by atoms with Crippen molar-refractivity contribution in [3.63, 3.8) is 0 Å². The molecule has 1 aromatic heterocycles. The molecule has 2 heterocycles. The van der Waals surface area contributed by atoms with E-state index in [9.17, 15) is 14.0 Å². The first-order valence-electron chi connectivity index (χ1n) is 9.83. The lowest BCUT2D eigenvalue weighted by Gasteiger charge is -2.38. The van der Waals surface area contributed by atoms with Crippen LogP contribution in [0.25, 0.3) is 10.9 Å². The molecule has 6 heteroatoms. The Morgan fingerprint density at radius 2 is 2.15 bits per heavy atom. The number of nitrogens with zero attached hydrogens (tertiary/aromatic N) is 1. The zero-order valence-corrected chi connectivity index (χ0v) is 15.5. The normalized spacial score (nSPS) is 23.0. The minimum Gasteiger partial charge on any atom is -0.371 e. The molecular weight excluding hydrogens is 347 g/mol. The van der Waals surface area contributed by atoms with Gasteiger partial charge in [-0.25, -0.2) is 4.39 Å². The lowest BCUT2D eigenvalue weighted by Crippen LogP contribution is -2.51. The van der Waals surface area contributed by atoms with E-state index in [4.69, 9.17) is 4.74 Å². The SMILES string of the molecule is CCCC[C@@H]1CN(C(=O)c2cc(=O)c3cccc(F)c3[nH]2)C[C@H](C2CC2)O1. The van der Waals surface area contributed by atoms with E-state index in [0.717, 1.165) is 32.1 Å². The zero-order chi connectivity index (χ0) is 19.0. The maximum absolute atomic E-state index is 14.1. The van der Waals surface area contributed by atoms with Crippen molar-refractivity contribution < 1.29 is 13.9 Å². The van der Waals surface area contributed by atoms with Gasteiger partial charge in [0.15, 0.2) is 5.43 Å². The van der Waals surface area contributed by atoms with Gasteiger partial charge in [0.05, 0.1) is 17.7 Å². The van der Waals surface area contributed by atoms with Crippen LogP contribution in [-0.2, 0) is 4.74 Å². The van der Waals surface area contributed by atoms with Gasteiger partial charge < -0.3 is 14.6 Å². The van der Waals surface area contributed by atoms with Gasteiger partial charge in [0, 0.05) is 24.5 Å². The van der Waals surface area contributed by atoms with Crippen molar-refractivity contribution in [1.82, 2.24) is 9.88 Å². The molecule has 2 fully saturated rings. The second kappa shape index (κ2) is 7.43. The van der Waals surface area contributed by atoms with Gasteiger partial charge in [-0.15, -0.1) is 0 Å². The molecule has 1 aliphatic carbocycles. The Morgan fingerprint density at radius 1 is 1.33 bits per heavy atom. The van der Waals surface area contributed by atoms with Crippen molar-refractivity contribution in [3.8, 4) is 0 Å². The first kappa shape index (κ1) is 18.2. The largest absolute Gasteiger partial charge is 0.371 e. The third-order valence-corrected chi connectivity index (χ3v) is 5.55. The summed E-state index contributed by atoms with van der Waals surface area (Å²) >= 11 is 0. The van der Waals surface area contributed by atoms with E-state index in [1.807, 2.05) is 0 Å². The van der Waals surface area contributed by atoms with Crippen molar-refractivity contribution in [1.29, 1.82) is 0 Å². The van der Waals surface area contributed by atoms with Gasteiger partial charge in [0.2, 0.25) is 0 Å². The summed E-state index contributed by atoms with van der Waals surface area (Å²) in [6.45, 7) is 3.18. The van der Waals surface area contributed by atoms with Gasteiger partial charge >= 0.3 is 0 Å². The summed E-state index contributed by atoms with van der Waals surface area (Å²) in [6.07, 6.45) is 5.44. The fraction of sp³-hybridized carbons (Fsp3) is 0.524. The Bertz CT molecular complexity index is 906. The number of ether oxygens (including phenoxy) is 1. The summed E-state index contributed by atoms with van der Waals surface area (Å²) in [5.74, 6) is -0.261. The number of H-pyrrole nitrogens is 1. The van der Waals surface area contributed by atoms with Crippen molar-refractivity contribution in [3.05, 3.63) is 46.0 Å². The molecule has 1 saturated heterocycles. The number of pyridine rings is 1. The summed E-state index contributed by atoms with van der Waals surface area (Å²) in [7, 11) is 0. The number of hydrogen-bond donors (Lipinski definition) is 1. The van der Waals surface area contributed by atoms with E-state index < -0.39 is 5.82 Å². The number of rotatable bonds is 5. The van der Waals surface area contributed by atoms with Crippen LogP contribution in [0.4, 0.5) is 4.39 Å². The first-order chi connectivity index (χ1) is 13.1. The van der Waals surface area contributed by atoms with Crippen LogP contribution in [0.2, 0.25) is 0 Å². The van der Waals surface area contributed by atoms with E-state index in [-0.39, 0.29) is 40.1 Å². The third-order valence-electron chi connectivity index (χ3n) is 5.55. The second-order valence-electron chi connectivity index (χ2n) is 7.70. The molecule has 0 unspecified atom stereocenters. The average Bonchev–Trinajstić information content (AvgIpc) is 3.51. The Morgan fingerprint density at radius 3 is 2.89 bits per heavy atom. The summed E-state index contributed by atoms with van der Waals surface area (Å²) in [4.78, 5) is 30.1. The topological polar surface area (TPSA) is 62.4 Å². The van der Waals surface area contributed by atoms with Gasteiger partial charge in [-0.2, -0.15) is 0 Å². The van der Waals surface area contributed by atoms with Gasteiger partial charge in [0.25, 0.3) is 5.91 Å². The standard InChI is InChI=1S/C21H25FN2O3/c1-2-3-5-14-11-24(12-19(27-14)13-8-9-13)21(26)17-10-18(25)15-6-4-7-16(22)20(15)23-17/h4,6-7,10,13-14,19H,2-3,5,8-9,11-12H2,1H3,(H,23,25)/t14-,19-/m1/s1. The molecule has 2 aromatic rings. The molecule has 0 bridgehead atoms. The lowest BCUT2D eigenvalue weighted by atomic mass is 10.1. The zero-order valence-electron chi connectivity index (χ0n) is 15.5. The number of aromatic amines is 1. The Balaban J connectivity index is 1.61. The number of amides is 1. The number of carbonyl (C=O) groups excluding carboxylic acids is 1. The minimum absolute atomic E-state index is 0.0252. The molecule has 0 spiro atoms. The van der Waals surface area contributed by atoms with Crippen molar-refractivity contribution >= 4 is 16.8 Å². The predicted octanol–water partition coefficient (Wildman–Crippen LogP) is 3.48. The summed E-state index contributed by atoms with van der Waals surface area (Å²) in [5, 5.41) is 0.255. The molecule has 1 amide bonds. The van der Waals surface area contributed by atoms with Crippen LogP contribution >= 0.6 is 0 Å². The summed E-state index contributed by atoms with van der Waals surface area (Å²) in [6, 6.07) is 5.62. The van der Waals surface area contributed by atoms with E-state index in [1.165, 1.54) is 18.2 Å². The number of carbonyl (C=O) groups is 1. The lowest BCUT2D eigenvalue weighted by molar-refractivity contribution is -0.0875. The first-order valence-corrected chi connectivity index (χ1v) is 9.83. The van der Waals surface area contributed by atoms with Gasteiger partial charge in [-0.3, -0.25) is 9.59 Å². The van der Waals surface area contributed by atoms with E-state index in [2.05, 4.69) is 11.9 Å². The number of para-hydroxylation sites is 1. The maximum atomic E-state index is 14.1. The number of fused-ring (bicyclic) bond motifs is 1. The van der Waals surface area contributed by atoms with Gasteiger partial charge in [0.1, 0.15) is 11.5 Å². The third kappa shape index (κ3) is 3.76.